The normalized spacial score (nSPS) is 10.2. The number of nitrogen functional groups attached to an aromatic ring is 1. The Morgan fingerprint density at radius 3 is 2.50 bits per heavy atom. The van der Waals surface area contributed by atoms with Crippen molar-refractivity contribution >= 4 is 17.3 Å². The number of nitriles is 1. The smallest absolute Gasteiger partial charge is 0.150 e. The van der Waals surface area contributed by atoms with Crippen molar-refractivity contribution in [2.75, 3.05) is 5.73 Å². The monoisotopic (exact) mass is 334 g/mol. The lowest BCUT2D eigenvalue weighted by Crippen LogP contribution is -1.97. The summed E-state index contributed by atoms with van der Waals surface area (Å²) >= 11 is 5.89. The van der Waals surface area contributed by atoms with Crippen LogP contribution in [0.4, 0.5) is 5.69 Å². The number of hydrogen-bond donors (Lipinski definition) is 1. The Morgan fingerprint density at radius 2 is 1.79 bits per heavy atom. The van der Waals surface area contributed by atoms with Crippen LogP contribution in [0.2, 0.25) is 5.02 Å². The molecular formula is C20H15ClN2O. The van der Waals surface area contributed by atoms with Crippen LogP contribution in [-0.2, 0) is 0 Å². The SMILES string of the molecule is Cc1ccc(Oc2ccc(Cl)cc2)c(N)c1-c1cccc(C#N)c1. The van der Waals surface area contributed by atoms with E-state index in [2.05, 4.69) is 6.07 Å². The zero-order chi connectivity index (χ0) is 17.1. The molecule has 0 saturated carbocycles. The van der Waals surface area contributed by atoms with Crippen LogP contribution in [0.3, 0.4) is 0 Å². The number of anilines is 1. The third kappa shape index (κ3) is 3.19. The van der Waals surface area contributed by atoms with E-state index in [1.165, 1.54) is 0 Å². The average Bonchev–Trinajstić information content (AvgIpc) is 2.59. The molecule has 0 unspecified atom stereocenters. The Hall–Kier alpha value is -2.96. The lowest BCUT2D eigenvalue weighted by atomic mass is 9.97. The Labute approximate surface area is 145 Å². The molecule has 0 spiro atoms. The van der Waals surface area contributed by atoms with Gasteiger partial charge >= 0.3 is 0 Å². The average molecular weight is 335 g/mol. The quantitative estimate of drug-likeness (QED) is 0.638. The fraction of sp³-hybridized carbons (Fsp3) is 0.0500. The molecule has 0 radical (unpaired) electrons. The van der Waals surface area contributed by atoms with Gasteiger partial charge in [0.15, 0.2) is 5.75 Å². The molecule has 2 N–H and O–H groups in total. The van der Waals surface area contributed by atoms with Crippen molar-refractivity contribution in [3.05, 3.63) is 76.8 Å². The van der Waals surface area contributed by atoms with Crippen LogP contribution < -0.4 is 10.5 Å². The number of hydrogen-bond acceptors (Lipinski definition) is 3. The van der Waals surface area contributed by atoms with E-state index < -0.39 is 0 Å². The van der Waals surface area contributed by atoms with Gasteiger partial charge in [0.25, 0.3) is 0 Å². The fourth-order valence-corrected chi connectivity index (χ4v) is 2.68. The summed E-state index contributed by atoms with van der Waals surface area (Å²) in [6, 6.07) is 20.4. The number of aryl methyl sites for hydroxylation is 1. The van der Waals surface area contributed by atoms with Gasteiger partial charge in [-0.1, -0.05) is 29.8 Å². The molecule has 118 valence electrons. The molecule has 0 aliphatic rings. The lowest BCUT2D eigenvalue weighted by molar-refractivity contribution is 0.485. The second-order valence-corrected chi connectivity index (χ2v) is 5.85. The van der Waals surface area contributed by atoms with Crippen molar-refractivity contribution < 1.29 is 4.74 Å². The molecule has 0 aliphatic heterocycles. The minimum atomic E-state index is 0.542. The Balaban J connectivity index is 2.04. The third-order valence-corrected chi connectivity index (χ3v) is 3.99. The molecule has 3 nitrogen and oxygen atoms in total. The first-order valence-electron chi connectivity index (χ1n) is 7.41. The Morgan fingerprint density at radius 1 is 1.04 bits per heavy atom. The first-order chi connectivity index (χ1) is 11.6. The van der Waals surface area contributed by atoms with E-state index in [1.54, 1.807) is 30.3 Å². The summed E-state index contributed by atoms with van der Waals surface area (Å²) < 4.78 is 5.89. The number of halogens is 1. The number of nitrogens with zero attached hydrogens (tertiary/aromatic N) is 1. The van der Waals surface area contributed by atoms with Crippen molar-refractivity contribution in [1.82, 2.24) is 0 Å². The van der Waals surface area contributed by atoms with Crippen LogP contribution in [0.15, 0.2) is 60.7 Å². The molecule has 3 aromatic rings. The molecule has 0 heterocycles. The van der Waals surface area contributed by atoms with Gasteiger partial charge < -0.3 is 10.5 Å². The molecular weight excluding hydrogens is 320 g/mol. The van der Waals surface area contributed by atoms with Crippen LogP contribution in [0.1, 0.15) is 11.1 Å². The van der Waals surface area contributed by atoms with E-state index in [0.29, 0.717) is 27.8 Å². The second kappa shape index (κ2) is 6.66. The Kier molecular flexibility index (Phi) is 4.41. The molecule has 0 amide bonds. The largest absolute Gasteiger partial charge is 0.455 e. The third-order valence-electron chi connectivity index (χ3n) is 3.74. The highest BCUT2D eigenvalue weighted by Gasteiger charge is 2.13. The van der Waals surface area contributed by atoms with E-state index in [4.69, 9.17) is 27.3 Å². The minimum absolute atomic E-state index is 0.542. The van der Waals surface area contributed by atoms with Gasteiger partial charge in [-0.15, -0.1) is 0 Å². The molecule has 0 aromatic heterocycles. The van der Waals surface area contributed by atoms with Crippen LogP contribution >= 0.6 is 11.6 Å². The summed E-state index contributed by atoms with van der Waals surface area (Å²) in [7, 11) is 0. The van der Waals surface area contributed by atoms with Gasteiger partial charge in [0, 0.05) is 10.6 Å². The maximum atomic E-state index is 9.10. The van der Waals surface area contributed by atoms with E-state index in [0.717, 1.165) is 16.7 Å². The molecule has 0 bridgehead atoms. The highest BCUT2D eigenvalue weighted by atomic mass is 35.5. The van der Waals surface area contributed by atoms with E-state index in [1.807, 2.05) is 37.3 Å². The first kappa shape index (κ1) is 15.9. The molecule has 3 rings (SSSR count). The van der Waals surface area contributed by atoms with Gasteiger partial charge in [-0.2, -0.15) is 5.26 Å². The van der Waals surface area contributed by atoms with E-state index in [-0.39, 0.29) is 0 Å². The lowest BCUT2D eigenvalue weighted by Gasteiger charge is -2.15. The summed E-state index contributed by atoms with van der Waals surface area (Å²) in [5, 5.41) is 9.75. The molecule has 24 heavy (non-hydrogen) atoms. The zero-order valence-corrected chi connectivity index (χ0v) is 13.8. The maximum Gasteiger partial charge on any atom is 0.150 e. The summed E-state index contributed by atoms with van der Waals surface area (Å²) in [5.41, 5.74) is 10.3. The number of ether oxygens (including phenoxy) is 1. The number of nitrogens with two attached hydrogens (primary N) is 1. The topological polar surface area (TPSA) is 59.0 Å². The second-order valence-electron chi connectivity index (χ2n) is 5.42. The van der Waals surface area contributed by atoms with Crippen LogP contribution in [0.5, 0.6) is 11.5 Å². The predicted octanol–water partition coefficient (Wildman–Crippen LogP) is 5.56. The highest BCUT2D eigenvalue weighted by Crippen LogP contribution is 2.38. The maximum absolute atomic E-state index is 9.10. The van der Waals surface area contributed by atoms with E-state index in [9.17, 15) is 0 Å². The standard InChI is InChI=1S/C20H15ClN2O/c1-13-5-10-18(24-17-8-6-16(21)7-9-17)20(23)19(13)15-4-2-3-14(11-15)12-22/h2-11H,23H2,1H3. The minimum Gasteiger partial charge on any atom is -0.455 e. The molecule has 0 aliphatic carbocycles. The van der Waals surface area contributed by atoms with Crippen molar-refractivity contribution in [1.29, 1.82) is 5.26 Å². The summed E-state index contributed by atoms with van der Waals surface area (Å²) in [5.74, 6) is 1.23. The van der Waals surface area contributed by atoms with E-state index >= 15 is 0 Å². The molecule has 0 saturated heterocycles. The van der Waals surface area contributed by atoms with Gasteiger partial charge in [-0.3, -0.25) is 0 Å². The van der Waals surface area contributed by atoms with Crippen molar-refractivity contribution in [3.63, 3.8) is 0 Å². The summed E-state index contributed by atoms with van der Waals surface area (Å²) in [6.07, 6.45) is 0. The predicted molar refractivity (Wildman–Crippen MR) is 97.3 cm³/mol. The van der Waals surface area contributed by atoms with Crippen LogP contribution in [-0.4, -0.2) is 0 Å². The summed E-state index contributed by atoms with van der Waals surface area (Å²) in [4.78, 5) is 0. The van der Waals surface area contributed by atoms with Crippen LogP contribution in [0.25, 0.3) is 11.1 Å². The molecule has 0 fully saturated rings. The number of rotatable bonds is 3. The highest BCUT2D eigenvalue weighted by molar-refractivity contribution is 6.30. The molecule has 0 atom stereocenters. The zero-order valence-electron chi connectivity index (χ0n) is 13.1. The van der Waals surface area contributed by atoms with Gasteiger partial charge in [0.05, 0.1) is 17.3 Å². The van der Waals surface area contributed by atoms with Gasteiger partial charge in [0.2, 0.25) is 0 Å². The van der Waals surface area contributed by atoms with Crippen LogP contribution in [0, 0.1) is 18.3 Å². The molecule has 3 aromatic carbocycles. The van der Waals surface area contributed by atoms with Gasteiger partial charge in [0.1, 0.15) is 5.75 Å². The number of benzene rings is 3. The fourth-order valence-electron chi connectivity index (χ4n) is 2.56. The van der Waals surface area contributed by atoms with Gasteiger partial charge in [-0.25, -0.2) is 0 Å². The van der Waals surface area contributed by atoms with Crippen molar-refractivity contribution in [2.24, 2.45) is 0 Å². The summed E-state index contributed by atoms with van der Waals surface area (Å²) in [6.45, 7) is 1.98. The first-order valence-corrected chi connectivity index (χ1v) is 7.79. The molecule has 4 heteroatoms. The van der Waals surface area contributed by atoms with Crippen molar-refractivity contribution in [3.8, 4) is 28.7 Å². The Bertz CT molecular complexity index is 927. The van der Waals surface area contributed by atoms with Crippen molar-refractivity contribution in [2.45, 2.75) is 6.92 Å². The van der Waals surface area contributed by atoms with Gasteiger partial charge in [-0.05, 0) is 60.5 Å².